The van der Waals surface area contributed by atoms with Crippen molar-refractivity contribution < 1.29 is 9.53 Å². The lowest BCUT2D eigenvalue weighted by molar-refractivity contribution is -0.125. The summed E-state index contributed by atoms with van der Waals surface area (Å²) in [6, 6.07) is 0.0923. The number of H-pyrrole nitrogens is 1. The van der Waals surface area contributed by atoms with Crippen molar-refractivity contribution in [3.8, 4) is 0 Å². The number of nitrogens with zero attached hydrogens (tertiary/aromatic N) is 2. The second-order valence-corrected chi connectivity index (χ2v) is 3.69. The number of amides is 1. The average Bonchev–Trinajstić information content (AvgIpc) is 2.96. The van der Waals surface area contributed by atoms with Gasteiger partial charge in [0.25, 0.3) is 0 Å². The zero-order valence-corrected chi connectivity index (χ0v) is 9.06. The Balaban J connectivity index is 1.83. The number of hydrogen-bond acceptors (Lipinski definition) is 5. The topological polar surface area (TPSA) is 91.9 Å². The zero-order chi connectivity index (χ0) is 11.4. The van der Waals surface area contributed by atoms with Gasteiger partial charge in [-0.05, 0) is 7.05 Å². The number of carbonyl (C=O) groups is 1. The molecule has 2 unspecified atom stereocenters. The normalized spacial score (nSPS) is 24.6. The van der Waals surface area contributed by atoms with Gasteiger partial charge in [-0.1, -0.05) is 0 Å². The molecular formula is C9H15N5O2. The molecule has 16 heavy (non-hydrogen) atoms. The number of aromatic amines is 1. The summed E-state index contributed by atoms with van der Waals surface area (Å²) in [6.45, 7) is 1.41. The van der Waals surface area contributed by atoms with Crippen LogP contribution in [0.1, 0.15) is 5.82 Å². The Morgan fingerprint density at radius 2 is 2.56 bits per heavy atom. The van der Waals surface area contributed by atoms with E-state index in [1.807, 2.05) is 7.05 Å². The van der Waals surface area contributed by atoms with Gasteiger partial charge in [-0.15, -0.1) is 0 Å². The predicted molar refractivity (Wildman–Crippen MR) is 55.4 cm³/mol. The van der Waals surface area contributed by atoms with Gasteiger partial charge in [0, 0.05) is 6.04 Å². The second-order valence-electron chi connectivity index (χ2n) is 3.69. The first-order chi connectivity index (χ1) is 7.81. The predicted octanol–water partition coefficient (Wildman–Crippen LogP) is -1.34. The number of rotatable bonds is 4. The molecule has 0 aliphatic carbocycles. The van der Waals surface area contributed by atoms with Crippen molar-refractivity contribution in [2.24, 2.45) is 5.92 Å². The van der Waals surface area contributed by atoms with E-state index in [9.17, 15) is 4.79 Å². The second kappa shape index (κ2) is 5.04. The molecule has 7 heteroatoms. The third-order valence-electron chi connectivity index (χ3n) is 2.68. The first-order valence-electron chi connectivity index (χ1n) is 5.18. The summed E-state index contributed by atoms with van der Waals surface area (Å²) in [6.07, 6.45) is 1.41. The van der Waals surface area contributed by atoms with Crippen LogP contribution in [-0.4, -0.2) is 47.4 Å². The van der Waals surface area contributed by atoms with E-state index in [1.54, 1.807) is 0 Å². The molecule has 1 fully saturated rings. The quantitative estimate of drug-likeness (QED) is 0.589. The van der Waals surface area contributed by atoms with E-state index in [0.717, 1.165) is 0 Å². The fourth-order valence-corrected chi connectivity index (χ4v) is 1.72. The van der Waals surface area contributed by atoms with Crippen LogP contribution in [0.5, 0.6) is 0 Å². The molecule has 1 amide bonds. The van der Waals surface area contributed by atoms with Crippen molar-refractivity contribution in [1.82, 2.24) is 25.8 Å². The smallest absolute Gasteiger partial charge is 0.227 e. The molecule has 1 aliphatic rings. The summed E-state index contributed by atoms with van der Waals surface area (Å²) in [4.78, 5) is 15.7. The highest BCUT2D eigenvalue weighted by atomic mass is 16.5. The molecule has 2 atom stereocenters. The third kappa shape index (κ3) is 2.37. The molecule has 1 aliphatic heterocycles. The van der Waals surface area contributed by atoms with Crippen LogP contribution in [0.4, 0.5) is 0 Å². The molecule has 3 N–H and O–H groups in total. The van der Waals surface area contributed by atoms with Crippen LogP contribution in [0.2, 0.25) is 0 Å². The van der Waals surface area contributed by atoms with E-state index >= 15 is 0 Å². The highest BCUT2D eigenvalue weighted by molar-refractivity contribution is 5.79. The van der Waals surface area contributed by atoms with Gasteiger partial charge in [-0.3, -0.25) is 9.89 Å². The third-order valence-corrected chi connectivity index (χ3v) is 2.68. The minimum absolute atomic E-state index is 0.0201. The van der Waals surface area contributed by atoms with Crippen LogP contribution in [0, 0.1) is 5.92 Å². The van der Waals surface area contributed by atoms with Crippen LogP contribution in [-0.2, 0) is 16.1 Å². The Morgan fingerprint density at radius 3 is 3.25 bits per heavy atom. The standard InChI is InChI=1S/C9H15N5O2/c1-10-7-4-16-3-6(7)9(15)11-2-8-12-5-13-14-8/h5-7,10H,2-4H2,1H3,(H,11,15)(H,12,13,14). The number of nitrogens with one attached hydrogen (secondary N) is 3. The van der Waals surface area contributed by atoms with Gasteiger partial charge in [0.15, 0.2) is 0 Å². The van der Waals surface area contributed by atoms with Crippen LogP contribution < -0.4 is 10.6 Å². The van der Waals surface area contributed by atoms with Gasteiger partial charge in [0.1, 0.15) is 12.2 Å². The van der Waals surface area contributed by atoms with E-state index in [0.29, 0.717) is 25.6 Å². The van der Waals surface area contributed by atoms with Gasteiger partial charge in [-0.25, -0.2) is 4.98 Å². The maximum atomic E-state index is 11.8. The van der Waals surface area contributed by atoms with Crippen molar-refractivity contribution in [3.63, 3.8) is 0 Å². The fourth-order valence-electron chi connectivity index (χ4n) is 1.72. The van der Waals surface area contributed by atoms with Crippen molar-refractivity contribution in [3.05, 3.63) is 12.2 Å². The van der Waals surface area contributed by atoms with Crippen molar-refractivity contribution >= 4 is 5.91 Å². The fraction of sp³-hybridized carbons (Fsp3) is 0.667. The Labute approximate surface area is 93.0 Å². The summed E-state index contributed by atoms with van der Waals surface area (Å²) in [5.74, 6) is 0.495. The molecule has 7 nitrogen and oxygen atoms in total. The molecule has 1 aromatic heterocycles. The summed E-state index contributed by atoms with van der Waals surface area (Å²) in [5, 5.41) is 12.3. The molecule has 88 valence electrons. The van der Waals surface area contributed by atoms with Gasteiger partial charge in [-0.2, -0.15) is 5.10 Å². The minimum Gasteiger partial charge on any atom is -0.379 e. The average molecular weight is 225 g/mol. The van der Waals surface area contributed by atoms with E-state index in [-0.39, 0.29) is 17.9 Å². The largest absolute Gasteiger partial charge is 0.379 e. The van der Waals surface area contributed by atoms with Crippen molar-refractivity contribution in [1.29, 1.82) is 0 Å². The molecule has 0 spiro atoms. The molecule has 0 bridgehead atoms. The number of likely N-dealkylation sites (N-methyl/N-ethyl adjacent to an activating group) is 1. The van der Waals surface area contributed by atoms with Crippen LogP contribution >= 0.6 is 0 Å². The Bertz CT molecular complexity index is 340. The van der Waals surface area contributed by atoms with E-state index in [4.69, 9.17) is 4.74 Å². The molecule has 2 heterocycles. The lowest BCUT2D eigenvalue weighted by Gasteiger charge is -2.15. The van der Waals surface area contributed by atoms with E-state index in [2.05, 4.69) is 25.8 Å². The summed E-state index contributed by atoms with van der Waals surface area (Å²) < 4.78 is 5.26. The molecule has 1 aromatic rings. The minimum atomic E-state index is -0.132. The van der Waals surface area contributed by atoms with Crippen LogP contribution in [0.25, 0.3) is 0 Å². The Morgan fingerprint density at radius 1 is 1.69 bits per heavy atom. The molecule has 0 aromatic carbocycles. The highest BCUT2D eigenvalue weighted by Crippen LogP contribution is 2.13. The van der Waals surface area contributed by atoms with E-state index in [1.165, 1.54) is 6.33 Å². The van der Waals surface area contributed by atoms with Crippen LogP contribution in [0.3, 0.4) is 0 Å². The zero-order valence-electron chi connectivity index (χ0n) is 9.06. The molecule has 0 saturated carbocycles. The summed E-state index contributed by atoms with van der Waals surface area (Å²) in [7, 11) is 1.83. The maximum absolute atomic E-state index is 11.8. The van der Waals surface area contributed by atoms with Gasteiger partial charge in [0.05, 0.1) is 25.7 Å². The molecular weight excluding hydrogens is 210 g/mol. The molecule has 2 rings (SSSR count). The lowest BCUT2D eigenvalue weighted by atomic mass is 10.0. The van der Waals surface area contributed by atoms with Gasteiger partial charge in [0.2, 0.25) is 5.91 Å². The SMILES string of the molecule is CNC1COCC1C(=O)NCc1ncn[nH]1. The molecule has 0 radical (unpaired) electrons. The van der Waals surface area contributed by atoms with Crippen molar-refractivity contribution in [2.45, 2.75) is 12.6 Å². The number of aromatic nitrogens is 3. The number of ether oxygens (including phenoxy) is 1. The number of hydrogen-bond donors (Lipinski definition) is 3. The van der Waals surface area contributed by atoms with Crippen LogP contribution in [0.15, 0.2) is 6.33 Å². The Hall–Kier alpha value is -1.47. The lowest BCUT2D eigenvalue weighted by Crippen LogP contribution is -2.42. The summed E-state index contributed by atoms with van der Waals surface area (Å²) in [5.41, 5.74) is 0. The monoisotopic (exact) mass is 225 g/mol. The van der Waals surface area contributed by atoms with E-state index < -0.39 is 0 Å². The van der Waals surface area contributed by atoms with Crippen molar-refractivity contribution in [2.75, 3.05) is 20.3 Å². The van der Waals surface area contributed by atoms with Gasteiger partial charge < -0.3 is 15.4 Å². The molecule has 1 saturated heterocycles. The number of carbonyl (C=O) groups excluding carboxylic acids is 1. The highest BCUT2D eigenvalue weighted by Gasteiger charge is 2.32. The first-order valence-corrected chi connectivity index (χ1v) is 5.18. The van der Waals surface area contributed by atoms with Gasteiger partial charge >= 0.3 is 0 Å². The summed E-state index contributed by atoms with van der Waals surface area (Å²) >= 11 is 0. The maximum Gasteiger partial charge on any atom is 0.227 e. The Kier molecular flexibility index (Phi) is 3.47. The first kappa shape index (κ1) is 11.0.